The molecule has 1 amide bonds. The molecule has 6 heteroatoms. The standard InChI is InChI=1S/C27H24N2O2S2/c1-19-3-5-21(6-4-19)17-32-24-14-7-20(8-15-24)9-16-26(30)29-27-28-25(18-33-27)22-10-12-23(31-2)13-11-22/h3-16,18H,17H2,1-2H3,(H,28,29,30)/b16-9-. The van der Waals surface area contributed by atoms with Gasteiger partial charge in [-0.05, 0) is 60.5 Å². The maximum Gasteiger partial charge on any atom is 0.250 e. The number of nitrogens with one attached hydrogen (secondary N) is 1. The van der Waals surface area contributed by atoms with E-state index in [1.807, 2.05) is 47.9 Å². The summed E-state index contributed by atoms with van der Waals surface area (Å²) >= 11 is 3.20. The molecule has 0 fully saturated rings. The highest BCUT2D eigenvalue weighted by Crippen LogP contribution is 2.27. The summed E-state index contributed by atoms with van der Waals surface area (Å²) in [5.74, 6) is 1.53. The third-order valence-electron chi connectivity index (χ3n) is 4.95. The Kier molecular flexibility index (Phi) is 7.60. The predicted octanol–water partition coefficient (Wildman–Crippen LogP) is 7.07. The van der Waals surface area contributed by atoms with E-state index in [0.29, 0.717) is 5.13 Å². The number of amides is 1. The molecule has 0 aliphatic rings. The van der Waals surface area contributed by atoms with Crippen molar-refractivity contribution < 1.29 is 9.53 Å². The van der Waals surface area contributed by atoms with E-state index in [2.05, 4.69) is 53.6 Å². The lowest BCUT2D eigenvalue weighted by Gasteiger charge is -2.03. The molecule has 4 rings (SSSR count). The lowest BCUT2D eigenvalue weighted by atomic mass is 10.2. The molecule has 1 N–H and O–H groups in total. The number of ether oxygens (including phenoxy) is 1. The monoisotopic (exact) mass is 472 g/mol. The molecule has 0 radical (unpaired) electrons. The molecule has 0 aliphatic carbocycles. The van der Waals surface area contributed by atoms with E-state index in [0.717, 1.165) is 28.3 Å². The normalized spacial score (nSPS) is 11.0. The van der Waals surface area contributed by atoms with Crippen molar-refractivity contribution in [3.63, 3.8) is 0 Å². The Bertz CT molecular complexity index is 1230. The molecule has 1 heterocycles. The molecule has 166 valence electrons. The highest BCUT2D eigenvalue weighted by Gasteiger charge is 2.07. The van der Waals surface area contributed by atoms with Gasteiger partial charge in [-0.15, -0.1) is 23.1 Å². The minimum Gasteiger partial charge on any atom is -0.497 e. The SMILES string of the molecule is COc1ccc(-c2csc(NC(=O)/C=C\c3ccc(SCc4ccc(C)cc4)cc3)n2)cc1. The van der Waals surface area contributed by atoms with Crippen LogP contribution in [-0.2, 0) is 10.5 Å². The number of aryl methyl sites for hydroxylation is 1. The Hall–Kier alpha value is -3.35. The first-order chi connectivity index (χ1) is 16.1. The number of hydrogen-bond donors (Lipinski definition) is 1. The molecule has 4 nitrogen and oxygen atoms in total. The summed E-state index contributed by atoms with van der Waals surface area (Å²) in [7, 11) is 1.64. The van der Waals surface area contributed by atoms with Crippen LogP contribution in [0.4, 0.5) is 5.13 Å². The van der Waals surface area contributed by atoms with Crippen LogP contribution >= 0.6 is 23.1 Å². The maximum absolute atomic E-state index is 12.3. The van der Waals surface area contributed by atoms with E-state index < -0.39 is 0 Å². The van der Waals surface area contributed by atoms with Gasteiger partial charge in [-0.2, -0.15) is 0 Å². The number of hydrogen-bond acceptors (Lipinski definition) is 5. The number of carbonyl (C=O) groups is 1. The number of aromatic nitrogens is 1. The molecule has 4 aromatic rings. The summed E-state index contributed by atoms with van der Waals surface area (Å²) in [5.41, 5.74) is 5.35. The van der Waals surface area contributed by atoms with Gasteiger partial charge in [-0.25, -0.2) is 4.98 Å². The third-order valence-corrected chi connectivity index (χ3v) is 6.79. The van der Waals surface area contributed by atoms with Gasteiger partial charge in [0.25, 0.3) is 0 Å². The molecular formula is C27H24N2O2S2. The second-order valence-electron chi connectivity index (χ2n) is 7.43. The van der Waals surface area contributed by atoms with Crippen LogP contribution in [0, 0.1) is 6.92 Å². The molecule has 0 spiro atoms. The fourth-order valence-electron chi connectivity index (χ4n) is 3.07. The summed E-state index contributed by atoms with van der Waals surface area (Å²) in [6.45, 7) is 2.10. The first-order valence-electron chi connectivity index (χ1n) is 10.5. The number of benzene rings is 3. The van der Waals surface area contributed by atoms with Crippen molar-refractivity contribution in [2.75, 3.05) is 12.4 Å². The van der Waals surface area contributed by atoms with E-state index in [9.17, 15) is 4.79 Å². The fraction of sp³-hybridized carbons (Fsp3) is 0.111. The van der Waals surface area contributed by atoms with Crippen molar-refractivity contribution in [2.24, 2.45) is 0 Å². The van der Waals surface area contributed by atoms with Crippen LogP contribution < -0.4 is 10.1 Å². The van der Waals surface area contributed by atoms with Gasteiger partial charge >= 0.3 is 0 Å². The summed E-state index contributed by atoms with van der Waals surface area (Å²) in [4.78, 5) is 18.0. The van der Waals surface area contributed by atoms with Crippen molar-refractivity contribution in [3.05, 3.63) is 101 Å². The number of thioether (sulfide) groups is 1. The zero-order chi connectivity index (χ0) is 23.0. The van der Waals surface area contributed by atoms with Crippen LogP contribution in [0.1, 0.15) is 16.7 Å². The molecule has 3 aromatic carbocycles. The largest absolute Gasteiger partial charge is 0.497 e. The lowest BCUT2D eigenvalue weighted by molar-refractivity contribution is -0.111. The van der Waals surface area contributed by atoms with Crippen LogP contribution in [-0.4, -0.2) is 18.0 Å². The van der Waals surface area contributed by atoms with Crippen LogP contribution in [0.3, 0.4) is 0 Å². The number of nitrogens with zero attached hydrogens (tertiary/aromatic N) is 1. The molecule has 0 bridgehead atoms. The smallest absolute Gasteiger partial charge is 0.250 e. The van der Waals surface area contributed by atoms with Gasteiger partial charge < -0.3 is 4.74 Å². The third kappa shape index (κ3) is 6.57. The van der Waals surface area contributed by atoms with Crippen molar-refractivity contribution in [2.45, 2.75) is 17.6 Å². The first kappa shape index (κ1) is 22.8. The first-order valence-corrected chi connectivity index (χ1v) is 12.3. The van der Waals surface area contributed by atoms with Crippen LogP contribution in [0.15, 0.2) is 89.1 Å². The van der Waals surface area contributed by atoms with Crippen LogP contribution in [0.2, 0.25) is 0 Å². The molecular weight excluding hydrogens is 448 g/mol. The summed E-state index contributed by atoms with van der Waals surface area (Å²) < 4.78 is 5.18. The molecule has 0 aliphatic heterocycles. The van der Waals surface area contributed by atoms with Gasteiger partial charge in [0.05, 0.1) is 12.8 Å². The second kappa shape index (κ2) is 11.0. The molecule has 1 aromatic heterocycles. The fourth-order valence-corrected chi connectivity index (χ4v) is 4.65. The van der Waals surface area contributed by atoms with Crippen molar-refractivity contribution in [1.82, 2.24) is 4.98 Å². The van der Waals surface area contributed by atoms with Gasteiger partial charge in [-0.1, -0.05) is 42.0 Å². The number of rotatable bonds is 8. The maximum atomic E-state index is 12.3. The molecule has 0 saturated carbocycles. The Morgan fingerprint density at radius 2 is 1.76 bits per heavy atom. The summed E-state index contributed by atoms with van der Waals surface area (Å²) in [6.07, 6.45) is 3.34. The summed E-state index contributed by atoms with van der Waals surface area (Å²) in [6, 6.07) is 24.5. The predicted molar refractivity (Wildman–Crippen MR) is 139 cm³/mol. The molecule has 0 atom stereocenters. The van der Waals surface area contributed by atoms with Crippen molar-refractivity contribution in [3.8, 4) is 17.0 Å². The highest BCUT2D eigenvalue weighted by atomic mass is 32.2. The highest BCUT2D eigenvalue weighted by molar-refractivity contribution is 7.98. The Balaban J connectivity index is 1.29. The minimum absolute atomic E-state index is 0.205. The second-order valence-corrected chi connectivity index (χ2v) is 9.34. The zero-order valence-corrected chi connectivity index (χ0v) is 20.1. The van der Waals surface area contributed by atoms with Crippen LogP contribution in [0.25, 0.3) is 17.3 Å². The van der Waals surface area contributed by atoms with Gasteiger partial charge in [-0.3, -0.25) is 10.1 Å². The van der Waals surface area contributed by atoms with Gasteiger partial charge in [0.1, 0.15) is 5.75 Å². The summed E-state index contributed by atoms with van der Waals surface area (Å²) in [5, 5.41) is 5.32. The topological polar surface area (TPSA) is 51.2 Å². The van der Waals surface area contributed by atoms with Gasteiger partial charge in [0, 0.05) is 27.7 Å². The van der Waals surface area contributed by atoms with Gasteiger partial charge in [0.15, 0.2) is 5.13 Å². The van der Waals surface area contributed by atoms with E-state index >= 15 is 0 Å². The van der Waals surface area contributed by atoms with E-state index in [1.165, 1.54) is 33.4 Å². The Morgan fingerprint density at radius 1 is 1.03 bits per heavy atom. The van der Waals surface area contributed by atoms with Crippen LogP contribution in [0.5, 0.6) is 5.75 Å². The van der Waals surface area contributed by atoms with E-state index in [1.54, 1.807) is 18.9 Å². The Labute approximate surface area is 202 Å². The lowest BCUT2D eigenvalue weighted by Crippen LogP contribution is -2.07. The number of anilines is 1. The average molecular weight is 473 g/mol. The van der Waals surface area contributed by atoms with E-state index in [4.69, 9.17) is 4.74 Å². The van der Waals surface area contributed by atoms with Crippen molar-refractivity contribution in [1.29, 1.82) is 0 Å². The van der Waals surface area contributed by atoms with Crippen molar-refractivity contribution >= 4 is 40.2 Å². The Morgan fingerprint density at radius 3 is 2.45 bits per heavy atom. The number of thiazole rings is 1. The number of methoxy groups -OCH3 is 1. The van der Waals surface area contributed by atoms with E-state index in [-0.39, 0.29) is 5.91 Å². The molecule has 33 heavy (non-hydrogen) atoms. The molecule has 0 unspecified atom stereocenters. The van der Waals surface area contributed by atoms with Gasteiger partial charge in [0.2, 0.25) is 5.91 Å². The number of carbonyl (C=O) groups excluding carboxylic acids is 1. The molecule has 0 saturated heterocycles. The quantitative estimate of drug-likeness (QED) is 0.220. The average Bonchev–Trinajstić information content (AvgIpc) is 3.31. The zero-order valence-electron chi connectivity index (χ0n) is 18.4. The minimum atomic E-state index is -0.205.